The number of halogens is 4. The van der Waals surface area contributed by atoms with E-state index in [1.807, 2.05) is 0 Å². The molecule has 1 spiro atoms. The Morgan fingerprint density at radius 1 is 1.23 bits per heavy atom. The third-order valence-electron chi connectivity index (χ3n) is 5.08. The molecule has 1 aromatic rings. The van der Waals surface area contributed by atoms with E-state index < -0.39 is 29.0 Å². The highest BCUT2D eigenvalue weighted by molar-refractivity contribution is 14.0. The monoisotopic (exact) mass is 482 g/mol. The Balaban J connectivity index is 0.00000243. The molecule has 0 unspecified atom stereocenters. The van der Waals surface area contributed by atoms with Crippen LogP contribution >= 0.6 is 24.0 Å². The summed E-state index contributed by atoms with van der Waals surface area (Å²) in [5.41, 5.74) is 0.00421. The topological polar surface area (TPSA) is 56.7 Å². The van der Waals surface area contributed by atoms with Crippen molar-refractivity contribution in [1.82, 2.24) is 10.2 Å². The van der Waals surface area contributed by atoms with Gasteiger partial charge in [-0.05, 0) is 36.8 Å². The molecule has 2 aliphatic rings. The van der Waals surface area contributed by atoms with Crippen LogP contribution in [-0.2, 0) is 4.79 Å². The molecule has 26 heavy (non-hydrogen) atoms. The van der Waals surface area contributed by atoms with Crippen molar-refractivity contribution >= 4 is 41.5 Å². The van der Waals surface area contributed by atoms with Gasteiger partial charge in [-0.3, -0.25) is 9.79 Å². The van der Waals surface area contributed by atoms with Gasteiger partial charge < -0.3 is 15.5 Å². The van der Waals surface area contributed by atoms with Crippen molar-refractivity contribution in [2.24, 2.45) is 10.4 Å². The summed E-state index contributed by atoms with van der Waals surface area (Å²) in [5, 5.41) is 5.17. The Bertz CT molecular complexity index is 709. The fourth-order valence-corrected chi connectivity index (χ4v) is 3.51. The first-order valence-electron chi connectivity index (χ1n) is 8.33. The van der Waals surface area contributed by atoms with E-state index in [2.05, 4.69) is 20.5 Å². The van der Waals surface area contributed by atoms with Gasteiger partial charge in [0.1, 0.15) is 0 Å². The Morgan fingerprint density at radius 2 is 1.96 bits per heavy atom. The summed E-state index contributed by atoms with van der Waals surface area (Å²) in [6, 6.07) is 1.75. The number of carbonyl (C=O) groups is 1. The summed E-state index contributed by atoms with van der Waals surface area (Å²) in [7, 11) is 1.64. The van der Waals surface area contributed by atoms with E-state index in [9.17, 15) is 18.0 Å². The predicted molar refractivity (Wildman–Crippen MR) is 104 cm³/mol. The number of guanidine groups is 1. The normalized spacial score (nSPS) is 18.3. The van der Waals surface area contributed by atoms with Gasteiger partial charge in [-0.1, -0.05) is 6.42 Å². The van der Waals surface area contributed by atoms with Gasteiger partial charge in [0.25, 0.3) is 0 Å². The largest absolute Gasteiger partial charge is 0.347 e. The minimum atomic E-state index is -1.61. The molecular formula is C17H22F3IN4O. The molecule has 3 rings (SSSR count). The number of nitrogens with zero attached hydrogens (tertiary/aromatic N) is 2. The molecule has 1 heterocycles. The summed E-state index contributed by atoms with van der Waals surface area (Å²) in [6.45, 7) is 1.67. The van der Waals surface area contributed by atoms with Crippen molar-refractivity contribution in [2.75, 3.05) is 32.0 Å². The molecule has 9 heteroatoms. The number of nitrogens with one attached hydrogen (secondary N) is 2. The van der Waals surface area contributed by atoms with Gasteiger partial charge in [0.15, 0.2) is 23.4 Å². The quantitative estimate of drug-likeness (QED) is 0.302. The second-order valence-corrected chi connectivity index (χ2v) is 6.70. The van der Waals surface area contributed by atoms with E-state index in [1.165, 1.54) is 19.3 Å². The number of benzene rings is 1. The lowest BCUT2D eigenvalue weighted by molar-refractivity contribution is -0.115. The highest BCUT2D eigenvalue weighted by atomic mass is 127. The Kier molecular flexibility index (Phi) is 6.75. The number of hydrogen-bond donors (Lipinski definition) is 2. The SMILES string of the molecule is CN=C(NCC(=O)Nc1ccc(F)c(F)c1F)N1CCC2(CCC2)C1.I. The van der Waals surface area contributed by atoms with Gasteiger partial charge in [0.05, 0.1) is 12.2 Å². The standard InChI is InChI=1S/C17H21F3N4O.HI/c1-21-16(24-8-7-17(10-24)5-2-6-17)22-9-13(25)23-12-4-3-11(18)14(19)15(12)20;/h3-4H,2,5-10H2,1H3,(H,21,22)(H,23,25);1H. The predicted octanol–water partition coefficient (Wildman–Crippen LogP) is 3.11. The lowest BCUT2D eigenvalue weighted by atomic mass is 9.68. The van der Waals surface area contributed by atoms with E-state index in [4.69, 9.17) is 0 Å². The van der Waals surface area contributed by atoms with Crippen molar-refractivity contribution in [3.8, 4) is 0 Å². The van der Waals surface area contributed by atoms with E-state index in [-0.39, 0.29) is 30.5 Å². The highest BCUT2D eigenvalue weighted by Crippen LogP contribution is 2.47. The fourth-order valence-electron chi connectivity index (χ4n) is 3.51. The van der Waals surface area contributed by atoms with Crippen LogP contribution in [0.5, 0.6) is 0 Å². The van der Waals surface area contributed by atoms with Crippen molar-refractivity contribution in [3.63, 3.8) is 0 Å². The smallest absolute Gasteiger partial charge is 0.243 e. The molecule has 0 radical (unpaired) electrons. The first kappa shape index (κ1) is 20.8. The summed E-state index contributed by atoms with van der Waals surface area (Å²) in [4.78, 5) is 18.3. The first-order chi connectivity index (χ1) is 11.9. The van der Waals surface area contributed by atoms with Gasteiger partial charge in [-0.15, -0.1) is 24.0 Å². The third-order valence-corrected chi connectivity index (χ3v) is 5.08. The van der Waals surface area contributed by atoms with E-state index in [0.29, 0.717) is 11.4 Å². The second-order valence-electron chi connectivity index (χ2n) is 6.70. The fraction of sp³-hybridized carbons (Fsp3) is 0.529. The Hall–Kier alpha value is -1.52. The number of amides is 1. The minimum absolute atomic E-state index is 0. The summed E-state index contributed by atoms with van der Waals surface area (Å²) < 4.78 is 39.7. The zero-order chi connectivity index (χ0) is 18.0. The third kappa shape index (κ3) is 4.24. The maximum Gasteiger partial charge on any atom is 0.243 e. The number of likely N-dealkylation sites (tertiary alicyclic amines) is 1. The molecule has 1 aliphatic heterocycles. The number of hydrogen-bond acceptors (Lipinski definition) is 2. The van der Waals surface area contributed by atoms with Crippen LogP contribution in [-0.4, -0.2) is 43.4 Å². The Morgan fingerprint density at radius 3 is 2.54 bits per heavy atom. The average Bonchev–Trinajstić information content (AvgIpc) is 3.02. The number of rotatable bonds is 3. The molecule has 1 saturated heterocycles. The lowest BCUT2D eigenvalue weighted by Crippen LogP contribution is -2.45. The van der Waals surface area contributed by atoms with Crippen LogP contribution in [0.2, 0.25) is 0 Å². The summed E-state index contributed by atoms with van der Waals surface area (Å²) in [5.74, 6) is -4.27. The number of anilines is 1. The van der Waals surface area contributed by atoms with Crippen molar-refractivity contribution in [1.29, 1.82) is 0 Å². The lowest BCUT2D eigenvalue weighted by Gasteiger charge is -2.38. The molecule has 0 bridgehead atoms. The van der Waals surface area contributed by atoms with E-state index in [0.717, 1.165) is 31.6 Å². The highest BCUT2D eigenvalue weighted by Gasteiger charge is 2.43. The van der Waals surface area contributed by atoms with Gasteiger partial charge in [-0.25, -0.2) is 13.2 Å². The zero-order valence-corrected chi connectivity index (χ0v) is 16.8. The second kappa shape index (κ2) is 8.45. The van der Waals surface area contributed by atoms with Crippen LogP contribution in [0, 0.1) is 22.9 Å². The van der Waals surface area contributed by atoms with Crippen LogP contribution in [0.1, 0.15) is 25.7 Å². The minimum Gasteiger partial charge on any atom is -0.347 e. The molecule has 1 amide bonds. The average molecular weight is 482 g/mol. The van der Waals surface area contributed by atoms with Crippen LogP contribution in [0.25, 0.3) is 0 Å². The number of aliphatic imine (C=N–C) groups is 1. The molecule has 0 atom stereocenters. The molecule has 0 aromatic heterocycles. The van der Waals surface area contributed by atoms with Crippen molar-refractivity contribution < 1.29 is 18.0 Å². The van der Waals surface area contributed by atoms with Gasteiger partial charge in [0, 0.05) is 20.1 Å². The molecule has 144 valence electrons. The van der Waals surface area contributed by atoms with Gasteiger partial charge in [0.2, 0.25) is 5.91 Å². The molecule has 1 saturated carbocycles. The molecule has 1 aromatic carbocycles. The maximum absolute atomic E-state index is 13.6. The zero-order valence-electron chi connectivity index (χ0n) is 14.4. The number of carbonyl (C=O) groups excluding carboxylic acids is 1. The first-order valence-corrected chi connectivity index (χ1v) is 8.33. The van der Waals surface area contributed by atoms with Gasteiger partial charge in [-0.2, -0.15) is 0 Å². The summed E-state index contributed by atoms with van der Waals surface area (Å²) >= 11 is 0. The van der Waals surface area contributed by atoms with E-state index in [1.54, 1.807) is 7.05 Å². The van der Waals surface area contributed by atoms with Crippen LogP contribution in [0.4, 0.5) is 18.9 Å². The van der Waals surface area contributed by atoms with Crippen molar-refractivity contribution in [2.45, 2.75) is 25.7 Å². The maximum atomic E-state index is 13.6. The molecular weight excluding hydrogens is 460 g/mol. The van der Waals surface area contributed by atoms with Crippen LogP contribution in [0.15, 0.2) is 17.1 Å². The summed E-state index contributed by atoms with van der Waals surface area (Å²) in [6.07, 6.45) is 4.86. The molecule has 1 aliphatic carbocycles. The van der Waals surface area contributed by atoms with Crippen LogP contribution in [0.3, 0.4) is 0 Å². The molecule has 2 N–H and O–H groups in total. The van der Waals surface area contributed by atoms with Crippen molar-refractivity contribution in [3.05, 3.63) is 29.6 Å². The Labute approximate surface area is 167 Å². The molecule has 2 fully saturated rings. The molecule has 5 nitrogen and oxygen atoms in total. The van der Waals surface area contributed by atoms with Gasteiger partial charge >= 0.3 is 0 Å². The van der Waals surface area contributed by atoms with E-state index >= 15 is 0 Å². The van der Waals surface area contributed by atoms with Crippen LogP contribution < -0.4 is 10.6 Å².